The Labute approximate surface area is 159 Å². The maximum Gasteiger partial charge on any atom is 0.336 e. The van der Waals surface area contributed by atoms with Gasteiger partial charge in [0.25, 0.3) is 0 Å². The Bertz CT molecular complexity index is 825. The number of ketones is 1. The highest BCUT2D eigenvalue weighted by molar-refractivity contribution is 6.15. The third-order valence-corrected chi connectivity index (χ3v) is 5.25. The minimum atomic E-state index is -1.17. The summed E-state index contributed by atoms with van der Waals surface area (Å²) in [5.41, 5.74) is 0.850. The monoisotopic (exact) mass is 367 g/mol. The van der Waals surface area contributed by atoms with Gasteiger partial charge >= 0.3 is 5.97 Å². The number of hydrogen-bond donors (Lipinski definition) is 3. The van der Waals surface area contributed by atoms with E-state index in [1.54, 1.807) is 24.3 Å². The Balaban J connectivity index is 1.67. The van der Waals surface area contributed by atoms with Crippen molar-refractivity contribution in [2.45, 2.75) is 38.5 Å². The SMILES string of the molecule is O=C(O)c1ccccc1C(=O)c1ccc(NCCC2CCCCC2)cc1O. The molecule has 5 nitrogen and oxygen atoms in total. The van der Waals surface area contributed by atoms with Crippen molar-refractivity contribution in [3.8, 4) is 5.75 Å². The lowest BCUT2D eigenvalue weighted by Crippen LogP contribution is -2.12. The van der Waals surface area contributed by atoms with E-state index in [1.165, 1.54) is 50.3 Å². The first-order valence-electron chi connectivity index (χ1n) is 9.50. The van der Waals surface area contributed by atoms with Gasteiger partial charge < -0.3 is 15.5 Å². The van der Waals surface area contributed by atoms with Gasteiger partial charge in [0.1, 0.15) is 5.75 Å². The van der Waals surface area contributed by atoms with E-state index in [2.05, 4.69) is 5.32 Å². The molecule has 0 radical (unpaired) electrons. The number of anilines is 1. The first-order valence-corrected chi connectivity index (χ1v) is 9.50. The lowest BCUT2D eigenvalue weighted by Gasteiger charge is -2.21. The number of benzene rings is 2. The molecule has 0 atom stereocenters. The van der Waals surface area contributed by atoms with Gasteiger partial charge in [0.05, 0.1) is 11.1 Å². The summed E-state index contributed by atoms with van der Waals surface area (Å²) >= 11 is 0. The van der Waals surface area contributed by atoms with Gasteiger partial charge in [-0.2, -0.15) is 0 Å². The molecular weight excluding hydrogens is 342 g/mol. The average Bonchev–Trinajstić information content (AvgIpc) is 2.68. The third kappa shape index (κ3) is 4.67. The van der Waals surface area contributed by atoms with Gasteiger partial charge in [0.15, 0.2) is 5.78 Å². The van der Waals surface area contributed by atoms with Crippen LogP contribution in [0.25, 0.3) is 0 Å². The number of carbonyl (C=O) groups excluding carboxylic acids is 1. The summed E-state index contributed by atoms with van der Waals surface area (Å²) in [5.74, 6) is -1.05. The zero-order valence-corrected chi connectivity index (χ0v) is 15.3. The van der Waals surface area contributed by atoms with Gasteiger partial charge in [-0.15, -0.1) is 0 Å². The second-order valence-corrected chi connectivity index (χ2v) is 7.13. The number of phenolic OH excluding ortho intramolecular Hbond substituents is 1. The zero-order chi connectivity index (χ0) is 19.2. The Morgan fingerprint density at radius 2 is 1.67 bits per heavy atom. The molecule has 2 aromatic rings. The van der Waals surface area contributed by atoms with E-state index >= 15 is 0 Å². The number of nitrogens with one attached hydrogen (secondary N) is 1. The minimum absolute atomic E-state index is 0.0679. The van der Waals surface area contributed by atoms with Crippen LogP contribution in [0.15, 0.2) is 42.5 Å². The number of carbonyl (C=O) groups is 2. The highest BCUT2D eigenvalue weighted by atomic mass is 16.4. The Kier molecular flexibility index (Phi) is 6.12. The van der Waals surface area contributed by atoms with E-state index in [0.29, 0.717) is 0 Å². The van der Waals surface area contributed by atoms with Crippen LogP contribution >= 0.6 is 0 Å². The van der Waals surface area contributed by atoms with Crippen LogP contribution in [0, 0.1) is 5.92 Å². The van der Waals surface area contributed by atoms with Crippen LogP contribution < -0.4 is 5.32 Å². The second-order valence-electron chi connectivity index (χ2n) is 7.13. The molecule has 0 unspecified atom stereocenters. The lowest BCUT2D eigenvalue weighted by molar-refractivity contribution is 0.0692. The van der Waals surface area contributed by atoms with Gasteiger partial charge in [-0.05, 0) is 30.5 Å². The fourth-order valence-corrected chi connectivity index (χ4v) is 3.74. The molecule has 1 aliphatic carbocycles. The number of aromatic hydroxyl groups is 1. The van der Waals surface area contributed by atoms with Crippen molar-refractivity contribution in [1.29, 1.82) is 0 Å². The summed E-state index contributed by atoms with van der Waals surface area (Å²) in [6.07, 6.45) is 7.68. The predicted molar refractivity (Wildman–Crippen MR) is 105 cm³/mol. The van der Waals surface area contributed by atoms with Crippen LogP contribution in [0.3, 0.4) is 0 Å². The first-order chi connectivity index (χ1) is 13.1. The largest absolute Gasteiger partial charge is 0.507 e. The summed E-state index contributed by atoms with van der Waals surface area (Å²) in [7, 11) is 0. The van der Waals surface area contributed by atoms with Crippen molar-refractivity contribution in [2.75, 3.05) is 11.9 Å². The van der Waals surface area contributed by atoms with Crippen molar-refractivity contribution < 1.29 is 19.8 Å². The normalized spacial score (nSPS) is 14.7. The Hall–Kier alpha value is -2.82. The van der Waals surface area contributed by atoms with E-state index in [4.69, 9.17) is 0 Å². The molecule has 27 heavy (non-hydrogen) atoms. The van der Waals surface area contributed by atoms with Crippen molar-refractivity contribution in [1.82, 2.24) is 0 Å². The van der Waals surface area contributed by atoms with Crippen molar-refractivity contribution in [3.63, 3.8) is 0 Å². The summed E-state index contributed by atoms with van der Waals surface area (Å²) in [6, 6.07) is 10.8. The van der Waals surface area contributed by atoms with E-state index in [1.807, 2.05) is 0 Å². The van der Waals surface area contributed by atoms with Gasteiger partial charge in [-0.3, -0.25) is 4.79 Å². The summed E-state index contributed by atoms with van der Waals surface area (Å²) in [6.45, 7) is 0.833. The fourth-order valence-electron chi connectivity index (χ4n) is 3.74. The number of rotatable bonds is 7. The van der Waals surface area contributed by atoms with Crippen LogP contribution in [-0.4, -0.2) is 28.5 Å². The van der Waals surface area contributed by atoms with E-state index in [-0.39, 0.29) is 22.4 Å². The molecule has 1 aliphatic rings. The molecule has 0 amide bonds. The van der Waals surface area contributed by atoms with Crippen molar-refractivity contribution in [3.05, 3.63) is 59.2 Å². The number of aromatic carboxylic acids is 1. The molecule has 0 aromatic heterocycles. The molecule has 0 aliphatic heterocycles. The summed E-state index contributed by atoms with van der Waals surface area (Å²) in [4.78, 5) is 24.0. The van der Waals surface area contributed by atoms with E-state index in [0.717, 1.165) is 24.6 Å². The molecule has 1 fully saturated rings. The lowest BCUT2D eigenvalue weighted by atomic mass is 9.87. The molecule has 0 heterocycles. The third-order valence-electron chi connectivity index (χ3n) is 5.25. The minimum Gasteiger partial charge on any atom is -0.507 e. The molecule has 3 rings (SSSR count). The standard InChI is InChI=1S/C22H25NO4/c24-20-14-16(23-13-12-15-6-2-1-3-7-15)10-11-19(20)21(25)17-8-4-5-9-18(17)22(26)27/h4-5,8-11,14-15,23-24H,1-3,6-7,12-13H2,(H,26,27). The quantitative estimate of drug-likeness (QED) is 0.617. The zero-order valence-electron chi connectivity index (χ0n) is 15.3. The van der Waals surface area contributed by atoms with E-state index in [9.17, 15) is 19.8 Å². The van der Waals surface area contributed by atoms with E-state index < -0.39 is 11.8 Å². The number of phenols is 1. The molecule has 0 spiro atoms. The van der Waals surface area contributed by atoms with Crippen LogP contribution in [0.2, 0.25) is 0 Å². The topological polar surface area (TPSA) is 86.6 Å². The maximum absolute atomic E-state index is 12.7. The Morgan fingerprint density at radius 3 is 2.33 bits per heavy atom. The average molecular weight is 367 g/mol. The fraction of sp³-hybridized carbons (Fsp3) is 0.364. The molecule has 0 bridgehead atoms. The predicted octanol–water partition coefficient (Wildman–Crippen LogP) is 4.70. The maximum atomic E-state index is 12.7. The molecule has 5 heteroatoms. The Morgan fingerprint density at radius 1 is 0.963 bits per heavy atom. The first kappa shape index (κ1) is 19.0. The summed E-state index contributed by atoms with van der Waals surface area (Å²) < 4.78 is 0. The smallest absolute Gasteiger partial charge is 0.336 e. The van der Waals surface area contributed by atoms with Crippen LogP contribution in [0.4, 0.5) is 5.69 Å². The highest BCUT2D eigenvalue weighted by Crippen LogP contribution is 2.28. The van der Waals surface area contributed by atoms with Gasteiger partial charge in [0, 0.05) is 23.9 Å². The highest BCUT2D eigenvalue weighted by Gasteiger charge is 2.20. The van der Waals surface area contributed by atoms with Crippen LogP contribution in [0.5, 0.6) is 5.75 Å². The van der Waals surface area contributed by atoms with Gasteiger partial charge in [0.2, 0.25) is 0 Å². The molecule has 3 N–H and O–H groups in total. The molecule has 2 aromatic carbocycles. The van der Waals surface area contributed by atoms with Crippen molar-refractivity contribution >= 4 is 17.4 Å². The number of carboxylic acids is 1. The second kappa shape index (κ2) is 8.71. The molecular formula is C22H25NO4. The molecule has 142 valence electrons. The van der Waals surface area contributed by atoms with Crippen LogP contribution in [0.1, 0.15) is 64.8 Å². The molecule has 0 saturated heterocycles. The summed E-state index contributed by atoms with van der Waals surface area (Å²) in [5, 5.41) is 22.8. The van der Waals surface area contributed by atoms with Gasteiger partial charge in [-0.25, -0.2) is 4.79 Å². The van der Waals surface area contributed by atoms with Crippen molar-refractivity contribution in [2.24, 2.45) is 5.92 Å². The molecule has 1 saturated carbocycles. The van der Waals surface area contributed by atoms with Gasteiger partial charge in [-0.1, -0.05) is 50.3 Å². The number of carboxylic acid groups (broad SMARTS) is 1. The number of hydrogen-bond acceptors (Lipinski definition) is 4. The van der Waals surface area contributed by atoms with Crippen LogP contribution in [-0.2, 0) is 0 Å².